The second-order valence-corrected chi connectivity index (χ2v) is 35.2. The number of nitrogens with two attached hydrogens (primary N) is 1. The molecule has 0 aliphatic carbocycles. The number of aromatic hydroxyl groups is 2. The van der Waals surface area contributed by atoms with Crippen molar-refractivity contribution < 1.29 is 137 Å². The zero-order valence-electron chi connectivity index (χ0n) is 76.1. The van der Waals surface area contributed by atoms with Crippen LogP contribution in [0.1, 0.15) is 207 Å². The molecule has 9 amide bonds. The van der Waals surface area contributed by atoms with Crippen molar-refractivity contribution in [2.24, 2.45) is 59.0 Å². The predicted octanol–water partition coefficient (Wildman–Crippen LogP) is 2.28. The number of aliphatic carboxylic acids is 3. The molecule has 1 fully saturated rings. The largest absolute Gasteiger partial charge is 0.508 e. The molecule has 724 valence electrons. The first-order chi connectivity index (χ1) is 61.7. The molecule has 0 bridgehead atoms. The summed E-state index contributed by atoms with van der Waals surface area (Å²) in [6, 6.07) is 10.4. The number of likely N-dealkylation sites (tertiary alicyclic amines) is 1. The van der Waals surface area contributed by atoms with Crippen molar-refractivity contribution in [1.29, 1.82) is 0 Å². The summed E-state index contributed by atoms with van der Waals surface area (Å²) in [4.78, 5) is 263. The molecule has 4 rings (SSSR count). The first kappa shape index (κ1) is 112. The normalized spacial score (nSPS) is 15.9. The van der Waals surface area contributed by atoms with Crippen molar-refractivity contribution in [2.75, 3.05) is 39.4 Å². The summed E-state index contributed by atoms with van der Waals surface area (Å²) in [7, 11) is 0. The van der Waals surface area contributed by atoms with Crippen molar-refractivity contribution in [1.82, 2.24) is 47.4 Å². The number of unbranched alkanes of at least 4 members (excludes halogenated alkanes) is 1. The second-order valence-electron chi connectivity index (χ2n) is 35.2. The van der Waals surface area contributed by atoms with Gasteiger partial charge in [0, 0.05) is 95.2 Å². The van der Waals surface area contributed by atoms with Gasteiger partial charge in [0.05, 0.1) is 104 Å². The van der Waals surface area contributed by atoms with E-state index < -0.39 is 291 Å². The third-order valence-corrected chi connectivity index (χ3v) is 23.3. The van der Waals surface area contributed by atoms with E-state index in [2.05, 4.69) is 42.5 Å². The standard InChI is InChI=1S/C93H134N10O28/c1-10-53(4)85(78(115)42-61(37-58-22-27-65(108)28-23-58)88(127)97-70(36-52(2)3)74(111)40-62(45-83(121)122)87(126)96-54(5)18-14-16-33-94)101-90(129)64(50-104)43-75(112)71(39-59-24-29-66(109)30-25-59)98-89(128)63(46-84(123)124)41-76(113)73(51-105)100-92(131)69(56(7)107)48-77(114)72(38-57-19-12-11-13-20-57)99-91(130)68(55(6)106)47-67(110)49-95-86(125)60(26-31-82(119)120)44-79(116)93(8,9)102-80(117)32-35-103-34-17-15-21-81(103)118/h11-13,19-20,22-25,27-30,52-56,60-64,68-73,85,104-109H,10,14-18,21,26,31-51,94H2,1-9H3,(H,95,125)(H,96,126)(H,97,127)(H,98,128)(H,99,130)(H,100,131)(H,101,129)(H,102,117)(H,119,120)(H,121,122)(H,123,124)/t53-,54+,55+,56+,60+,61+,62-,63-,64-,68-,69-,70-,71-,72-,73-,85-/m0/s1. The Balaban J connectivity index is 1.55. The fraction of sp³-hybridized carbons (Fsp3) is 0.602. The van der Waals surface area contributed by atoms with E-state index in [9.17, 15) is 137 Å². The molecule has 0 radical (unpaired) electrons. The Morgan fingerprint density at radius 3 is 1.45 bits per heavy atom. The topological polar surface area (TPSA) is 632 Å². The molecule has 1 aliphatic rings. The van der Waals surface area contributed by atoms with Crippen LogP contribution in [0.3, 0.4) is 0 Å². The number of phenolic OH excluding ortho intramolecular Hbond substituents is 2. The van der Waals surface area contributed by atoms with E-state index in [1.54, 1.807) is 69.9 Å². The Bertz CT molecular complexity index is 4390. The Hall–Kier alpha value is -11.6. The summed E-state index contributed by atoms with van der Waals surface area (Å²) in [5.74, 6) is -30.5. The maximum absolute atomic E-state index is 14.9. The minimum absolute atomic E-state index is 0.0248. The molecular weight excluding hydrogens is 1710 g/mol. The average molecular weight is 1840 g/mol. The number of phenols is 2. The fourth-order valence-corrected chi connectivity index (χ4v) is 15.2. The van der Waals surface area contributed by atoms with E-state index in [0.29, 0.717) is 49.9 Å². The van der Waals surface area contributed by atoms with Crippen LogP contribution in [0.15, 0.2) is 78.9 Å². The van der Waals surface area contributed by atoms with Gasteiger partial charge in [-0.05, 0) is 152 Å². The molecule has 1 heterocycles. The number of nitrogens with one attached hydrogen (secondary N) is 8. The molecule has 38 nitrogen and oxygen atoms in total. The van der Waals surface area contributed by atoms with Gasteiger partial charge in [0.15, 0.2) is 40.5 Å². The molecule has 1 saturated heterocycles. The summed E-state index contributed by atoms with van der Waals surface area (Å²) in [5.41, 5.74) is 5.20. The monoisotopic (exact) mass is 1840 g/mol. The lowest BCUT2D eigenvalue weighted by atomic mass is 9.85. The van der Waals surface area contributed by atoms with Crippen LogP contribution in [-0.2, 0) is 110 Å². The smallest absolute Gasteiger partial charge is 0.304 e. The molecule has 38 heteroatoms. The lowest BCUT2D eigenvalue weighted by molar-refractivity contribution is -0.143. The zero-order chi connectivity index (χ0) is 98.1. The van der Waals surface area contributed by atoms with Gasteiger partial charge in [-0.2, -0.15) is 0 Å². The zero-order valence-corrected chi connectivity index (χ0v) is 76.1. The Morgan fingerprint density at radius 1 is 0.466 bits per heavy atom. The van der Waals surface area contributed by atoms with Crippen molar-refractivity contribution in [3.8, 4) is 11.5 Å². The number of carboxylic acids is 3. The maximum Gasteiger partial charge on any atom is 0.304 e. The van der Waals surface area contributed by atoms with Gasteiger partial charge in [0.2, 0.25) is 53.2 Å². The third kappa shape index (κ3) is 39.9. The lowest BCUT2D eigenvalue weighted by Gasteiger charge is -2.29. The lowest BCUT2D eigenvalue weighted by Crippen LogP contribution is -2.52. The number of benzene rings is 3. The number of rotatable bonds is 64. The first-order valence-electron chi connectivity index (χ1n) is 44.6. The van der Waals surface area contributed by atoms with Gasteiger partial charge in [-0.25, -0.2) is 0 Å². The maximum atomic E-state index is 14.9. The molecule has 0 aromatic heterocycles. The number of aliphatic hydroxyl groups excluding tert-OH is 4. The highest BCUT2D eigenvalue weighted by Crippen LogP contribution is 2.27. The number of piperidine rings is 1. The number of hydrogen-bond donors (Lipinski definition) is 18. The van der Waals surface area contributed by atoms with Gasteiger partial charge >= 0.3 is 17.9 Å². The van der Waals surface area contributed by atoms with Gasteiger partial charge in [0.25, 0.3) is 0 Å². The number of carbonyl (C=O) groups is 19. The van der Waals surface area contributed by atoms with Gasteiger partial charge in [-0.1, -0.05) is 95.1 Å². The number of hydrogen-bond acceptors (Lipinski definition) is 26. The van der Waals surface area contributed by atoms with Crippen molar-refractivity contribution in [2.45, 2.75) is 264 Å². The van der Waals surface area contributed by atoms with Crippen LogP contribution in [0.5, 0.6) is 11.5 Å². The number of carbonyl (C=O) groups excluding carboxylic acids is 16. The molecular formula is C93H134N10O28. The molecule has 16 atom stereocenters. The van der Waals surface area contributed by atoms with E-state index in [1.165, 1.54) is 62.4 Å². The number of Topliss-reactive ketones (excluding diaryl/α,β-unsaturated/α-hetero) is 7. The summed E-state index contributed by atoms with van der Waals surface area (Å²) >= 11 is 0. The van der Waals surface area contributed by atoms with Crippen molar-refractivity contribution >= 4 is 112 Å². The summed E-state index contributed by atoms with van der Waals surface area (Å²) in [6.07, 6.45) is -8.67. The molecule has 3 aromatic carbocycles. The summed E-state index contributed by atoms with van der Waals surface area (Å²) in [6.45, 7) is 11.5. The van der Waals surface area contributed by atoms with Crippen LogP contribution >= 0.6 is 0 Å². The Labute approximate surface area is 762 Å². The van der Waals surface area contributed by atoms with E-state index in [1.807, 2.05) is 0 Å². The molecule has 3 aromatic rings. The van der Waals surface area contributed by atoms with Crippen molar-refractivity contribution in [3.05, 3.63) is 95.6 Å². The van der Waals surface area contributed by atoms with Crippen LogP contribution in [-0.4, -0.2) is 256 Å². The number of ketones is 7. The van der Waals surface area contributed by atoms with Crippen LogP contribution in [0.25, 0.3) is 0 Å². The molecule has 131 heavy (non-hydrogen) atoms. The highest BCUT2D eigenvalue weighted by Gasteiger charge is 2.42. The quantitative estimate of drug-likeness (QED) is 0.0360. The number of amides is 9. The average Bonchev–Trinajstić information content (AvgIpc) is 0.839. The SMILES string of the molecule is CC[C@H](C)[C@H](NC(=O)[C@H](CO)CC(=O)[C@H](Cc1ccc(O)cc1)NC(=O)[C@H](CC(=O)O)CC(=O)[C@H](CO)NC(=O)[C@@H](CC(=O)[C@H](Cc1ccccc1)NC(=O)[C@@H](CC(=O)CNC(=O)[C@H](CCC(=O)O)CC(=O)C(C)(C)NC(=O)CCN1CCCCC1=O)[C@@H](C)O)[C@@H](C)O)C(=O)C[C@@H](Cc1ccc(O)cc1)C(=O)N[C@@H](CC(C)C)C(=O)C[C@@H](CC(=O)O)C(=O)N[C@H](C)CCCCN. The predicted molar refractivity (Wildman–Crippen MR) is 474 cm³/mol. The molecule has 19 N–H and O–H groups in total. The molecule has 0 saturated carbocycles. The highest BCUT2D eigenvalue weighted by molar-refractivity contribution is 6.01. The van der Waals surface area contributed by atoms with Crippen molar-refractivity contribution in [3.63, 3.8) is 0 Å². The van der Waals surface area contributed by atoms with Gasteiger partial charge < -0.3 is 99.1 Å². The van der Waals surface area contributed by atoms with Gasteiger partial charge in [-0.3, -0.25) is 91.1 Å². The second kappa shape index (κ2) is 56.2. The summed E-state index contributed by atoms with van der Waals surface area (Å²) in [5, 5.41) is 114. The number of carboxylic acid groups (broad SMARTS) is 3. The number of aliphatic hydroxyl groups is 4. The fourth-order valence-electron chi connectivity index (χ4n) is 15.2. The number of nitrogens with zero attached hydrogens (tertiary/aromatic N) is 1. The summed E-state index contributed by atoms with van der Waals surface area (Å²) < 4.78 is 0. The van der Waals surface area contributed by atoms with E-state index in [0.717, 1.165) is 26.7 Å². The van der Waals surface area contributed by atoms with Crippen LogP contribution in [0.4, 0.5) is 0 Å². The molecule has 0 spiro atoms. The van der Waals surface area contributed by atoms with Crippen LogP contribution in [0, 0.1) is 53.3 Å². The molecule has 0 unspecified atom stereocenters. The van der Waals surface area contributed by atoms with E-state index >= 15 is 0 Å². The molecule has 1 aliphatic heterocycles. The van der Waals surface area contributed by atoms with E-state index in [4.69, 9.17) is 5.73 Å². The minimum atomic E-state index is -2.00. The van der Waals surface area contributed by atoms with Crippen LogP contribution < -0.4 is 48.3 Å². The highest BCUT2D eigenvalue weighted by atomic mass is 16.4. The third-order valence-electron chi connectivity index (χ3n) is 23.3. The van der Waals surface area contributed by atoms with Gasteiger partial charge in [-0.15, -0.1) is 0 Å². The Morgan fingerprint density at radius 2 is 0.939 bits per heavy atom. The minimum Gasteiger partial charge on any atom is -0.508 e. The Kier molecular flexibility index (Phi) is 47.9. The van der Waals surface area contributed by atoms with Crippen LogP contribution in [0.2, 0.25) is 0 Å². The van der Waals surface area contributed by atoms with E-state index in [-0.39, 0.29) is 80.0 Å². The first-order valence-corrected chi connectivity index (χ1v) is 44.6. The van der Waals surface area contributed by atoms with Gasteiger partial charge in [0.1, 0.15) is 17.5 Å².